The quantitative estimate of drug-likeness (QED) is 0.544. The third kappa shape index (κ3) is 5.42. The van der Waals surface area contributed by atoms with Crippen molar-refractivity contribution in [2.24, 2.45) is 0 Å². The van der Waals surface area contributed by atoms with Gasteiger partial charge in [0, 0.05) is 5.75 Å². The van der Waals surface area contributed by atoms with Gasteiger partial charge in [-0.05, 0) is 31.2 Å². The zero-order chi connectivity index (χ0) is 13.4. The van der Waals surface area contributed by atoms with Crippen LogP contribution >= 0.6 is 11.8 Å². The van der Waals surface area contributed by atoms with Crippen molar-refractivity contribution >= 4 is 21.9 Å². The van der Waals surface area contributed by atoms with E-state index in [4.69, 9.17) is 4.18 Å². The highest BCUT2D eigenvalue weighted by molar-refractivity contribution is 7.99. The molecular weight excluding hydrogens is 268 g/mol. The molecule has 102 valence electrons. The van der Waals surface area contributed by atoms with E-state index in [9.17, 15) is 8.42 Å². The zero-order valence-electron chi connectivity index (χ0n) is 10.9. The summed E-state index contributed by atoms with van der Waals surface area (Å²) in [6, 6.07) is 6.70. The fourth-order valence-corrected chi connectivity index (χ4v) is 3.24. The molecule has 0 saturated heterocycles. The van der Waals surface area contributed by atoms with Crippen LogP contribution in [0.1, 0.15) is 25.3 Å². The predicted octanol–water partition coefficient (Wildman–Crippen LogP) is 3.23. The Bertz CT molecular complexity index is 438. The summed E-state index contributed by atoms with van der Waals surface area (Å²) in [6.07, 6.45) is 2.32. The van der Waals surface area contributed by atoms with Crippen molar-refractivity contribution in [3.63, 3.8) is 0 Å². The first-order valence-electron chi connectivity index (χ1n) is 6.10. The van der Waals surface area contributed by atoms with E-state index >= 15 is 0 Å². The van der Waals surface area contributed by atoms with Gasteiger partial charge < -0.3 is 0 Å². The van der Waals surface area contributed by atoms with E-state index in [1.165, 1.54) is 0 Å². The van der Waals surface area contributed by atoms with Crippen LogP contribution in [0, 0.1) is 6.92 Å². The van der Waals surface area contributed by atoms with Gasteiger partial charge in [-0.1, -0.05) is 31.0 Å². The molecule has 0 heterocycles. The second-order valence-corrected chi connectivity index (χ2v) is 6.90. The predicted molar refractivity (Wildman–Crippen MR) is 76.5 cm³/mol. The van der Waals surface area contributed by atoms with Gasteiger partial charge in [-0.3, -0.25) is 4.18 Å². The monoisotopic (exact) mass is 288 g/mol. The highest BCUT2D eigenvalue weighted by atomic mass is 32.2. The fourth-order valence-electron chi connectivity index (χ4n) is 1.32. The largest absolute Gasteiger partial charge is 0.296 e. The average molecular weight is 288 g/mol. The van der Waals surface area contributed by atoms with Crippen molar-refractivity contribution in [3.8, 4) is 0 Å². The number of hydrogen-bond acceptors (Lipinski definition) is 4. The molecule has 0 spiro atoms. The van der Waals surface area contributed by atoms with Crippen LogP contribution in [-0.4, -0.2) is 26.5 Å². The van der Waals surface area contributed by atoms with Crippen LogP contribution in [0.5, 0.6) is 0 Å². The number of rotatable bonds is 8. The van der Waals surface area contributed by atoms with Gasteiger partial charge in [0.05, 0.1) is 11.5 Å². The summed E-state index contributed by atoms with van der Waals surface area (Å²) in [6.45, 7) is 4.30. The molecule has 0 saturated carbocycles. The minimum Gasteiger partial charge on any atom is -0.266 e. The lowest BCUT2D eigenvalue weighted by atomic mass is 10.2. The molecule has 5 heteroatoms. The Hall–Kier alpha value is -0.520. The Kier molecular flexibility index (Phi) is 6.75. The minimum atomic E-state index is -3.58. The Morgan fingerprint density at radius 2 is 1.83 bits per heavy atom. The summed E-state index contributed by atoms with van der Waals surface area (Å²) in [5.41, 5.74) is 1.03. The topological polar surface area (TPSA) is 43.4 Å². The summed E-state index contributed by atoms with van der Waals surface area (Å²) in [5.74, 6) is 1.77. The van der Waals surface area contributed by atoms with Gasteiger partial charge in [0.25, 0.3) is 10.1 Å². The molecular formula is C13H20O3S2. The first kappa shape index (κ1) is 15.5. The first-order chi connectivity index (χ1) is 8.56. The molecule has 0 atom stereocenters. The zero-order valence-corrected chi connectivity index (χ0v) is 12.5. The van der Waals surface area contributed by atoms with Crippen LogP contribution in [-0.2, 0) is 14.3 Å². The standard InChI is InChI=1S/C13H20O3S2/c1-3-4-10-17-11-9-16-18(14,15)13-7-5-12(2)6-8-13/h5-8H,3-4,9-11H2,1-2H3. The van der Waals surface area contributed by atoms with Gasteiger partial charge in [-0.25, -0.2) is 0 Å². The van der Waals surface area contributed by atoms with Crippen molar-refractivity contribution in [2.75, 3.05) is 18.1 Å². The lowest BCUT2D eigenvalue weighted by Gasteiger charge is -2.05. The SMILES string of the molecule is CCCCSCCOS(=O)(=O)c1ccc(C)cc1. The van der Waals surface area contributed by atoms with Crippen LogP contribution < -0.4 is 0 Å². The molecule has 0 amide bonds. The van der Waals surface area contributed by atoms with Crippen molar-refractivity contribution in [1.82, 2.24) is 0 Å². The number of hydrogen-bond donors (Lipinski definition) is 0. The van der Waals surface area contributed by atoms with Crippen LogP contribution in [0.25, 0.3) is 0 Å². The van der Waals surface area contributed by atoms with E-state index in [0.29, 0.717) is 5.75 Å². The Morgan fingerprint density at radius 3 is 2.44 bits per heavy atom. The Morgan fingerprint density at radius 1 is 1.17 bits per heavy atom. The van der Waals surface area contributed by atoms with Gasteiger partial charge in [0.2, 0.25) is 0 Å². The highest BCUT2D eigenvalue weighted by Crippen LogP contribution is 2.14. The van der Waals surface area contributed by atoms with Crippen LogP contribution in [0.4, 0.5) is 0 Å². The molecule has 1 aromatic rings. The minimum absolute atomic E-state index is 0.228. The van der Waals surface area contributed by atoms with Crippen molar-refractivity contribution in [3.05, 3.63) is 29.8 Å². The Labute approximate surface area is 114 Å². The molecule has 0 bridgehead atoms. The van der Waals surface area contributed by atoms with Gasteiger partial charge >= 0.3 is 0 Å². The normalized spacial score (nSPS) is 11.7. The lowest BCUT2D eigenvalue weighted by Crippen LogP contribution is -2.09. The molecule has 1 aromatic carbocycles. The Balaban J connectivity index is 2.38. The van der Waals surface area contributed by atoms with E-state index < -0.39 is 10.1 Å². The summed E-state index contributed by atoms with van der Waals surface area (Å²) in [5, 5.41) is 0. The third-order valence-electron chi connectivity index (χ3n) is 2.42. The molecule has 0 aliphatic heterocycles. The second-order valence-electron chi connectivity index (χ2n) is 4.06. The number of aryl methyl sites for hydroxylation is 1. The molecule has 0 unspecified atom stereocenters. The molecule has 0 fully saturated rings. The molecule has 18 heavy (non-hydrogen) atoms. The number of unbranched alkanes of at least 4 members (excludes halogenated alkanes) is 1. The maximum atomic E-state index is 11.8. The molecule has 0 radical (unpaired) electrons. The lowest BCUT2D eigenvalue weighted by molar-refractivity contribution is 0.341. The van der Waals surface area contributed by atoms with Crippen LogP contribution in [0.3, 0.4) is 0 Å². The molecule has 3 nitrogen and oxygen atoms in total. The van der Waals surface area contributed by atoms with Crippen molar-refractivity contribution in [1.29, 1.82) is 0 Å². The van der Waals surface area contributed by atoms with E-state index in [2.05, 4.69) is 6.92 Å². The molecule has 0 aliphatic carbocycles. The third-order valence-corrected chi connectivity index (χ3v) is 4.78. The first-order valence-corrected chi connectivity index (χ1v) is 8.66. The maximum absolute atomic E-state index is 11.8. The van der Waals surface area contributed by atoms with Crippen LogP contribution in [0.15, 0.2) is 29.2 Å². The van der Waals surface area contributed by atoms with E-state index in [0.717, 1.165) is 24.2 Å². The van der Waals surface area contributed by atoms with Crippen LogP contribution in [0.2, 0.25) is 0 Å². The fraction of sp³-hybridized carbons (Fsp3) is 0.538. The summed E-state index contributed by atoms with van der Waals surface area (Å²) in [4.78, 5) is 0.228. The van der Waals surface area contributed by atoms with Gasteiger partial charge in [-0.2, -0.15) is 20.2 Å². The second kappa shape index (κ2) is 7.81. The maximum Gasteiger partial charge on any atom is 0.296 e. The van der Waals surface area contributed by atoms with E-state index in [-0.39, 0.29) is 11.5 Å². The van der Waals surface area contributed by atoms with Crippen molar-refractivity contribution < 1.29 is 12.6 Å². The molecule has 1 rings (SSSR count). The molecule has 0 aromatic heterocycles. The number of thioether (sulfide) groups is 1. The highest BCUT2D eigenvalue weighted by Gasteiger charge is 2.14. The van der Waals surface area contributed by atoms with Crippen molar-refractivity contribution in [2.45, 2.75) is 31.6 Å². The summed E-state index contributed by atoms with van der Waals surface area (Å²) in [7, 11) is -3.58. The molecule has 0 N–H and O–H groups in total. The summed E-state index contributed by atoms with van der Waals surface area (Å²) < 4.78 is 28.6. The van der Waals surface area contributed by atoms with E-state index in [1.807, 2.05) is 6.92 Å². The summed E-state index contributed by atoms with van der Waals surface area (Å²) >= 11 is 1.73. The average Bonchev–Trinajstić information content (AvgIpc) is 2.34. The van der Waals surface area contributed by atoms with Gasteiger partial charge in [-0.15, -0.1) is 0 Å². The number of benzene rings is 1. The molecule has 0 aliphatic rings. The van der Waals surface area contributed by atoms with E-state index in [1.54, 1.807) is 36.0 Å². The van der Waals surface area contributed by atoms with Gasteiger partial charge in [0.15, 0.2) is 0 Å². The smallest absolute Gasteiger partial charge is 0.266 e. The van der Waals surface area contributed by atoms with Gasteiger partial charge in [0.1, 0.15) is 0 Å².